The lowest BCUT2D eigenvalue weighted by Gasteiger charge is -2.19. The van der Waals surface area contributed by atoms with Crippen molar-refractivity contribution in [3.8, 4) is 5.69 Å². The zero-order valence-corrected chi connectivity index (χ0v) is 18.3. The van der Waals surface area contributed by atoms with Gasteiger partial charge in [0.1, 0.15) is 11.6 Å². The van der Waals surface area contributed by atoms with E-state index >= 15 is 0 Å². The van der Waals surface area contributed by atoms with Crippen molar-refractivity contribution in [3.63, 3.8) is 0 Å². The van der Waals surface area contributed by atoms with E-state index in [-0.39, 0.29) is 41.5 Å². The Hall–Kier alpha value is -3.27. The molecule has 1 aliphatic heterocycles. The van der Waals surface area contributed by atoms with E-state index in [4.69, 9.17) is 21.7 Å². The largest absolute Gasteiger partial charge is 0.396 e. The normalized spacial score (nSPS) is 17.7. The average Bonchev–Trinajstić information content (AvgIpc) is 3.27. The SMILES string of the molecule is N=Cc1c(NCc2ccccc2F)ccn(-c2cc(NC3COCC3CO)ncc2Cl)c1=O. The zero-order chi connectivity index (χ0) is 23.4. The summed E-state index contributed by atoms with van der Waals surface area (Å²) in [4.78, 5) is 17.4. The fourth-order valence-electron chi connectivity index (χ4n) is 3.69. The first-order valence-corrected chi connectivity index (χ1v) is 10.7. The van der Waals surface area contributed by atoms with Crippen molar-refractivity contribution in [2.75, 3.05) is 30.5 Å². The maximum Gasteiger partial charge on any atom is 0.266 e. The van der Waals surface area contributed by atoms with Crippen LogP contribution in [0.5, 0.6) is 0 Å². The molecule has 0 saturated carbocycles. The van der Waals surface area contributed by atoms with E-state index in [1.54, 1.807) is 36.5 Å². The third-order valence-electron chi connectivity index (χ3n) is 5.56. The first-order valence-electron chi connectivity index (χ1n) is 10.4. The average molecular weight is 472 g/mol. The number of ether oxygens (including phenoxy) is 1. The van der Waals surface area contributed by atoms with Gasteiger partial charge in [-0.3, -0.25) is 9.36 Å². The first-order chi connectivity index (χ1) is 16.0. The maximum atomic E-state index is 13.9. The van der Waals surface area contributed by atoms with Crippen molar-refractivity contribution < 1.29 is 14.2 Å². The molecule has 0 bridgehead atoms. The van der Waals surface area contributed by atoms with Gasteiger partial charge in [-0.15, -0.1) is 0 Å². The van der Waals surface area contributed by atoms with Crippen LogP contribution in [0.4, 0.5) is 15.9 Å². The highest BCUT2D eigenvalue weighted by atomic mass is 35.5. The number of rotatable bonds is 8. The lowest BCUT2D eigenvalue weighted by Crippen LogP contribution is -2.30. The summed E-state index contributed by atoms with van der Waals surface area (Å²) >= 11 is 6.34. The first kappa shape index (κ1) is 22.9. The second-order valence-electron chi connectivity index (χ2n) is 7.66. The van der Waals surface area contributed by atoms with Crippen LogP contribution < -0.4 is 16.2 Å². The molecule has 1 fully saturated rings. The van der Waals surface area contributed by atoms with Gasteiger partial charge in [0.05, 0.1) is 54.0 Å². The summed E-state index contributed by atoms with van der Waals surface area (Å²) < 4.78 is 20.7. The van der Waals surface area contributed by atoms with Gasteiger partial charge in [-0.1, -0.05) is 29.8 Å². The highest BCUT2D eigenvalue weighted by Gasteiger charge is 2.28. The van der Waals surface area contributed by atoms with E-state index in [2.05, 4.69) is 15.6 Å². The summed E-state index contributed by atoms with van der Waals surface area (Å²) in [6.07, 6.45) is 3.93. The van der Waals surface area contributed by atoms with Crippen LogP contribution in [0.2, 0.25) is 5.02 Å². The molecule has 3 aromatic rings. The maximum absolute atomic E-state index is 13.9. The van der Waals surface area contributed by atoms with Crippen molar-refractivity contribution in [3.05, 3.63) is 81.1 Å². The van der Waals surface area contributed by atoms with E-state index in [1.165, 1.54) is 16.8 Å². The Balaban J connectivity index is 1.62. The van der Waals surface area contributed by atoms with E-state index < -0.39 is 5.56 Å². The summed E-state index contributed by atoms with van der Waals surface area (Å²) in [6.45, 7) is 1.04. The standard InChI is InChI=1S/C23H23ClFN5O3/c24-17-10-28-22(29-20-13-33-12-15(20)11-31)7-21(17)30-6-5-19(16(8-26)23(30)32)27-9-14-3-1-2-4-18(14)25/h1-8,10,15,20,26-27,31H,9,11-13H2,(H,28,29). The van der Waals surface area contributed by atoms with Gasteiger partial charge < -0.3 is 25.9 Å². The van der Waals surface area contributed by atoms with Crippen LogP contribution in [-0.2, 0) is 11.3 Å². The molecule has 2 unspecified atom stereocenters. The third-order valence-corrected chi connectivity index (χ3v) is 5.85. The van der Waals surface area contributed by atoms with Crippen molar-refractivity contribution >= 4 is 29.3 Å². The van der Waals surface area contributed by atoms with Crippen LogP contribution in [0.15, 0.2) is 53.6 Å². The Morgan fingerprint density at radius 3 is 2.91 bits per heavy atom. The minimum Gasteiger partial charge on any atom is -0.396 e. The molecule has 4 rings (SSSR count). The second-order valence-corrected chi connectivity index (χ2v) is 8.07. The minimum atomic E-state index is -0.458. The fourth-order valence-corrected chi connectivity index (χ4v) is 3.88. The van der Waals surface area contributed by atoms with Gasteiger partial charge >= 0.3 is 0 Å². The van der Waals surface area contributed by atoms with Crippen LogP contribution >= 0.6 is 11.6 Å². The second kappa shape index (κ2) is 10.1. The van der Waals surface area contributed by atoms with Crippen molar-refractivity contribution in [2.45, 2.75) is 12.6 Å². The Morgan fingerprint density at radius 1 is 1.33 bits per heavy atom. The summed E-state index contributed by atoms with van der Waals surface area (Å²) in [5.41, 5.74) is 0.901. The molecule has 0 spiro atoms. The highest BCUT2D eigenvalue weighted by Crippen LogP contribution is 2.25. The molecule has 3 heterocycles. The molecule has 1 saturated heterocycles. The van der Waals surface area contributed by atoms with Crippen LogP contribution in [0, 0.1) is 17.1 Å². The molecule has 172 valence electrons. The lowest BCUT2D eigenvalue weighted by atomic mass is 10.1. The van der Waals surface area contributed by atoms with E-state index in [1.807, 2.05) is 0 Å². The van der Waals surface area contributed by atoms with E-state index in [0.29, 0.717) is 36.0 Å². The van der Waals surface area contributed by atoms with Gasteiger partial charge in [0.2, 0.25) is 0 Å². The molecule has 8 nitrogen and oxygen atoms in total. The molecule has 33 heavy (non-hydrogen) atoms. The van der Waals surface area contributed by atoms with Gasteiger partial charge in [-0.25, -0.2) is 9.37 Å². The van der Waals surface area contributed by atoms with Crippen molar-refractivity contribution in [1.82, 2.24) is 9.55 Å². The lowest BCUT2D eigenvalue weighted by molar-refractivity contribution is 0.161. The predicted octanol–water partition coefficient (Wildman–Crippen LogP) is 3.05. The molecule has 2 aromatic heterocycles. The molecule has 0 amide bonds. The van der Waals surface area contributed by atoms with Crippen LogP contribution in [0.25, 0.3) is 5.69 Å². The molecule has 4 N–H and O–H groups in total. The number of benzene rings is 1. The van der Waals surface area contributed by atoms with Crippen molar-refractivity contribution in [1.29, 1.82) is 5.41 Å². The van der Waals surface area contributed by atoms with Crippen molar-refractivity contribution in [2.24, 2.45) is 5.92 Å². The number of aromatic nitrogens is 2. The number of anilines is 2. The summed E-state index contributed by atoms with van der Waals surface area (Å²) in [6, 6.07) is 9.51. The quantitative estimate of drug-likeness (QED) is 0.376. The molecule has 0 aliphatic carbocycles. The third kappa shape index (κ3) is 4.90. The van der Waals surface area contributed by atoms with Gasteiger partial charge in [-0.05, 0) is 12.1 Å². The minimum absolute atomic E-state index is 0.0123. The number of nitrogens with zero attached hydrogens (tertiary/aromatic N) is 2. The van der Waals surface area contributed by atoms with Gasteiger partial charge in [-0.2, -0.15) is 0 Å². The number of aliphatic hydroxyl groups is 1. The highest BCUT2D eigenvalue weighted by molar-refractivity contribution is 6.32. The molecule has 2 atom stereocenters. The number of nitrogens with one attached hydrogen (secondary N) is 3. The topological polar surface area (TPSA) is 112 Å². The van der Waals surface area contributed by atoms with Gasteiger partial charge in [0.15, 0.2) is 0 Å². The van der Waals surface area contributed by atoms with Gasteiger partial charge in [0, 0.05) is 36.5 Å². The molecular formula is C23H23ClFN5O3. The van der Waals surface area contributed by atoms with E-state index in [0.717, 1.165) is 6.21 Å². The number of pyridine rings is 2. The van der Waals surface area contributed by atoms with Crippen LogP contribution in [-0.4, -0.2) is 46.7 Å². The smallest absolute Gasteiger partial charge is 0.266 e. The van der Waals surface area contributed by atoms with Gasteiger partial charge in [0.25, 0.3) is 5.56 Å². The number of aliphatic hydroxyl groups excluding tert-OH is 1. The van der Waals surface area contributed by atoms with E-state index in [9.17, 15) is 14.3 Å². The Labute approximate surface area is 194 Å². The summed E-state index contributed by atoms with van der Waals surface area (Å²) in [5.74, 6) is 0.0702. The Morgan fingerprint density at radius 2 is 2.15 bits per heavy atom. The fraction of sp³-hybridized carbons (Fsp3) is 0.261. The molecule has 1 aliphatic rings. The molecule has 10 heteroatoms. The van der Waals surface area contributed by atoms with Crippen LogP contribution in [0.1, 0.15) is 11.1 Å². The Bertz CT molecular complexity index is 1220. The number of hydrogen-bond donors (Lipinski definition) is 4. The summed E-state index contributed by atoms with van der Waals surface area (Å²) in [5, 5.41) is 23.7. The monoisotopic (exact) mass is 471 g/mol. The molecule has 0 radical (unpaired) electrons. The zero-order valence-electron chi connectivity index (χ0n) is 17.6. The summed E-state index contributed by atoms with van der Waals surface area (Å²) in [7, 11) is 0. The molecule has 1 aromatic carbocycles. The number of halogens is 2. The Kier molecular flexibility index (Phi) is 7.02. The number of hydrogen-bond acceptors (Lipinski definition) is 7. The molecular weight excluding hydrogens is 449 g/mol. The predicted molar refractivity (Wildman–Crippen MR) is 125 cm³/mol. The van der Waals surface area contributed by atoms with Crippen LogP contribution in [0.3, 0.4) is 0 Å².